The van der Waals surface area contributed by atoms with Gasteiger partial charge in [0.1, 0.15) is 28.9 Å². The van der Waals surface area contributed by atoms with E-state index >= 15 is 0 Å². The number of hydrogen-bond donors (Lipinski definition) is 3. The average Bonchev–Trinajstić information content (AvgIpc) is 3.65. The minimum absolute atomic E-state index is 0.0622. The molecule has 1 aromatic rings. The lowest BCUT2D eigenvalue weighted by atomic mass is 9.96. The number of aromatic nitrogens is 1. The smallest absolute Gasteiger partial charge is 0.352 e. The van der Waals surface area contributed by atoms with E-state index in [1.807, 2.05) is 0 Å². The predicted octanol–water partition coefficient (Wildman–Crippen LogP) is 2.33. The van der Waals surface area contributed by atoms with Crippen molar-refractivity contribution in [3.63, 3.8) is 0 Å². The SMILES string of the molecule is CC(C)(C)CN1CC/C(=C\C2=C(C(=O)O)N3C(=O)[C@@H](NC(=O)/C(=N\OC4CCCC4)c4csc(N)n4)[C@H]3SC2)C1=O. The van der Waals surface area contributed by atoms with Crippen molar-refractivity contribution in [2.24, 2.45) is 10.6 Å². The van der Waals surface area contributed by atoms with Crippen molar-refractivity contribution in [1.29, 1.82) is 0 Å². The Kier molecular flexibility index (Phi) is 8.15. The summed E-state index contributed by atoms with van der Waals surface area (Å²) in [5.74, 6) is -2.31. The maximum Gasteiger partial charge on any atom is 0.352 e. The van der Waals surface area contributed by atoms with E-state index in [9.17, 15) is 24.3 Å². The van der Waals surface area contributed by atoms with Crippen LogP contribution in [0.2, 0.25) is 0 Å². The number of anilines is 1. The number of nitrogens with two attached hydrogens (primary N) is 1. The molecule has 0 spiro atoms. The predicted molar refractivity (Wildman–Crippen MR) is 155 cm³/mol. The largest absolute Gasteiger partial charge is 0.477 e. The lowest BCUT2D eigenvalue weighted by Crippen LogP contribution is -2.71. The van der Waals surface area contributed by atoms with Crippen LogP contribution in [0.15, 0.2) is 33.5 Å². The Labute approximate surface area is 246 Å². The number of fused-ring (bicyclic) bond motifs is 1. The van der Waals surface area contributed by atoms with E-state index in [4.69, 9.17) is 10.6 Å². The quantitative estimate of drug-likeness (QED) is 0.175. The second kappa shape index (κ2) is 11.5. The van der Waals surface area contributed by atoms with Crippen LogP contribution in [0.5, 0.6) is 0 Å². The molecule has 3 fully saturated rings. The molecular formula is C27H34N6O6S2. The van der Waals surface area contributed by atoms with E-state index in [0.29, 0.717) is 30.7 Å². The van der Waals surface area contributed by atoms with Crippen molar-refractivity contribution >= 4 is 57.6 Å². The second-order valence-corrected chi connectivity index (χ2v) is 13.8. The van der Waals surface area contributed by atoms with Gasteiger partial charge in [0, 0.05) is 29.8 Å². The van der Waals surface area contributed by atoms with Crippen LogP contribution >= 0.6 is 23.1 Å². The van der Waals surface area contributed by atoms with Gasteiger partial charge in [-0.2, -0.15) is 0 Å². The molecule has 14 heteroatoms. The molecule has 3 aliphatic heterocycles. The van der Waals surface area contributed by atoms with Crippen LogP contribution in [-0.4, -0.2) is 85.7 Å². The van der Waals surface area contributed by atoms with Gasteiger partial charge in [-0.1, -0.05) is 25.9 Å². The highest BCUT2D eigenvalue weighted by atomic mass is 32.2. The van der Waals surface area contributed by atoms with Gasteiger partial charge < -0.3 is 25.9 Å². The number of hydrogen-bond acceptors (Lipinski definition) is 10. The topological polar surface area (TPSA) is 168 Å². The number of carbonyl (C=O) groups excluding carboxylic acids is 3. The number of allylic oxidation sites excluding steroid dienone is 1. The molecule has 0 aromatic carbocycles. The molecule has 4 aliphatic rings. The highest BCUT2D eigenvalue weighted by Crippen LogP contribution is 2.41. The van der Waals surface area contributed by atoms with Gasteiger partial charge in [0.25, 0.3) is 11.8 Å². The van der Waals surface area contributed by atoms with Gasteiger partial charge in [-0.15, -0.1) is 23.1 Å². The maximum absolute atomic E-state index is 13.3. The summed E-state index contributed by atoms with van der Waals surface area (Å²) in [6, 6.07) is -0.959. The van der Waals surface area contributed by atoms with Gasteiger partial charge in [-0.3, -0.25) is 19.3 Å². The zero-order valence-electron chi connectivity index (χ0n) is 23.2. The van der Waals surface area contributed by atoms with Crippen molar-refractivity contribution in [3.8, 4) is 0 Å². The fourth-order valence-electron chi connectivity index (χ4n) is 5.42. The Morgan fingerprint density at radius 2 is 2.02 bits per heavy atom. The van der Waals surface area contributed by atoms with E-state index in [1.54, 1.807) is 16.4 Å². The van der Waals surface area contributed by atoms with Crippen LogP contribution in [0.4, 0.5) is 5.13 Å². The lowest BCUT2D eigenvalue weighted by molar-refractivity contribution is -0.150. The monoisotopic (exact) mass is 602 g/mol. The molecule has 0 unspecified atom stereocenters. The van der Waals surface area contributed by atoms with Gasteiger partial charge in [0.2, 0.25) is 5.91 Å². The summed E-state index contributed by atoms with van der Waals surface area (Å²) >= 11 is 2.48. The first-order valence-corrected chi connectivity index (χ1v) is 15.5. The van der Waals surface area contributed by atoms with E-state index in [-0.39, 0.29) is 45.4 Å². The van der Waals surface area contributed by atoms with E-state index in [2.05, 4.69) is 36.2 Å². The number of amides is 3. The number of carboxylic acid groups (broad SMARTS) is 1. The molecule has 2 saturated heterocycles. The molecular weight excluding hydrogens is 568 g/mol. The molecule has 5 rings (SSSR count). The first-order valence-electron chi connectivity index (χ1n) is 13.6. The number of aliphatic carboxylic acids is 1. The minimum Gasteiger partial charge on any atom is -0.477 e. The Morgan fingerprint density at radius 1 is 1.29 bits per heavy atom. The number of nitrogens with zero attached hydrogens (tertiary/aromatic N) is 4. The van der Waals surface area contributed by atoms with Crippen LogP contribution in [0.3, 0.4) is 0 Å². The summed E-state index contributed by atoms with van der Waals surface area (Å²) in [6.45, 7) is 7.34. The number of rotatable bonds is 8. The summed E-state index contributed by atoms with van der Waals surface area (Å²) < 4.78 is 0. The van der Waals surface area contributed by atoms with Crippen molar-refractivity contribution in [2.75, 3.05) is 24.6 Å². The van der Waals surface area contributed by atoms with Crippen LogP contribution in [0, 0.1) is 5.41 Å². The molecule has 4 heterocycles. The minimum atomic E-state index is -1.26. The van der Waals surface area contributed by atoms with Crippen molar-refractivity contribution in [1.82, 2.24) is 20.1 Å². The zero-order valence-corrected chi connectivity index (χ0v) is 24.8. The van der Waals surface area contributed by atoms with Gasteiger partial charge in [-0.05, 0) is 49.2 Å². The Bertz CT molecular complexity index is 1360. The average molecular weight is 603 g/mol. The molecule has 1 aliphatic carbocycles. The normalized spacial score (nSPS) is 24.7. The number of nitrogens with one attached hydrogen (secondary N) is 1. The van der Waals surface area contributed by atoms with Gasteiger partial charge in [0.15, 0.2) is 10.8 Å². The van der Waals surface area contributed by atoms with Crippen LogP contribution in [-0.2, 0) is 24.0 Å². The third-order valence-electron chi connectivity index (χ3n) is 7.29. The second-order valence-electron chi connectivity index (χ2n) is 11.8. The van der Waals surface area contributed by atoms with Crippen LogP contribution in [0.1, 0.15) is 58.6 Å². The summed E-state index contributed by atoms with van der Waals surface area (Å²) in [5.41, 5.74) is 6.63. The molecule has 220 valence electrons. The molecule has 1 saturated carbocycles. The Morgan fingerprint density at radius 3 is 2.66 bits per heavy atom. The standard InChI is InChI=1S/C27H34N6O6S2/c1-27(2,3)13-32-9-8-14(22(32)35)10-15-11-40-24-19(23(36)33(24)20(15)25(37)38)30-21(34)18(17-12-41-26(28)29-17)31-39-16-6-4-5-7-16/h10,12,16,19,24H,4-9,11,13H2,1-3H3,(H2,28,29)(H,30,34)(H,37,38)/b14-10+,31-18-/t19-,24-/m1/s1. The number of β-lactam (4-membered cyclic amide) rings is 1. The number of thioether (sulfide) groups is 1. The fourth-order valence-corrected chi connectivity index (χ4v) is 7.27. The number of carbonyl (C=O) groups is 4. The third kappa shape index (κ3) is 6.13. The van der Waals surface area contributed by atoms with Crippen molar-refractivity contribution in [2.45, 2.75) is 70.4 Å². The van der Waals surface area contributed by atoms with Gasteiger partial charge >= 0.3 is 5.97 Å². The molecule has 3 amide bonds. The molecule has 0 radical (unpaired) electrons. The summed E-state index contributed by atoms with van der Waals surface area (Å²) in [7, 11) is 0. The zero-order chi connectivity index (χ0) is 29.5. The van der Waals surface area contributed by atoms with Crippen molar-refractivity contribution in [3.05, 3.63) is 34.0 Å². The Balaban J connectivity index is 1.32. The number of oxime groups is 1. The molecule has 1 aromatic heterocycles. The number of thiazole rings is 1. The summed E-state index contributed by atoms with van der Waals surface area (Å²) in [4.78, 5) is 64.5. The van der Waals surface area contributed by atoms with E-state index < -0.39 is 29.2 Å². The van der Waals surface area contributed by atoms with E-state index in [0.717, 1.165) is 37.0 Å². The first-order chi connectivity index (χ1) is 19.4. The number of carboxylic acids is 1. The third-order valence-corrected chi connectivity index (χ3v) is 9.26. The van der Waals surface area contributed by atoms with Crippen LogP contribution < -0.4 is 11.1 Å². The maximum atomic E-state index is 13.3. The van der Waals surface area contributed by atoms with Gasteiger partial charge in [0.05, 0.1) is 0 Å². The van der Waals surface area contributed by atoms with Gasteiger partial charge in [-0.25, -0.2) is 9.78 Å². The molecule has 12 nitrogen and oxygen atoms in total. The highest BCUT2D eigenvalue weighted by Gasteiger charge is 2.54. The summed E-state index contributed by atoms with van der Waals surface area (Å²) in [5, 5.41) is 18.1. The lowest BCUT2D eigenvalue weighted by Gasteiger charge is -2.49. The number of nitrogen functional groups attached to an aromatic ring is 1. The first kappa shape index (κ1) is 29.1. The molecule has 2 atom stereocenters. The van der Waals surface area contributed by atoms with E-state index in [1.165, 1.54) is 16.7 Å². The summed E-state index contributed by atoms with van der Waals surface area (Å²) in [6.07, 6.45) is 5.78. The fraction of sp³-hybridized carbons (Fsp3) is 0.556. The molecule has 0 bridgehead atoms. The highest BCUT2D eigenvalue weighted by molar-refractivity contribution is 8.00. The molecule has 4 N–H and O–H groups in total. The molecule has 41 heavy (non-hydrogen) atoms. The van der Waals surface area contributed by atoms with Crippen molar-refractivity contribution < 1.29 is 29.1 Å². The van der Waals surface area contributed by atoms with Crippen LogP contribution in [0.25, 0.3) is 0 Å². The Hall–Kier alpha value is -3.39. The number of likely N-dealkylation sites (tertiary alicyclic amines) is 1.